The van der Waals surface area contributed by atoms with Gasteiger partial charge in [0.25, 0.3) is 0 Å². The summed E-state index contributed by atoms with van der Waals surface area (Å²) < 4.78 is 0. The summed E-state index contributed by atoms with van der Waals surface area (Å²) in [6.45, 7) is 0. The fourth-order valence-corrected chi connectivity index (χ4v) is 2.58. The van der Waals surface area contributed by atoms with Crippen LogP contribution in [0.3, 0.4) is 0 Å². The van der Waals surface area contributed by atoms with Gasteiger partial charge in [-0.1, -0.05) is 24.3 Å². The standard InChI is InChI=1S/C13H16N4/c14-17-12(13-15-5-6-16-13)8-10-7-9-3-1-2-4-11(9)10/h1-6,10,12,17H,7-8,14H2,(H,15,16). The van der Waals surface area contributed by atoms with Crippen molar-refractivity contribution in [2.45, 2.75) is 24.8 Å². The number of aromatic amines is 1. The molecule has 0 spiro atoms. The maximum Gasteiger partial charge on any atom is 0.124 e. The van der Waals surface area contributed by atoms with Crippen molar-refractivity contribution in [3.8, 4) is 0 Å². The van der Waals surface area contributed by atoms with E-state index in [1.54, 1.807) is 6.20 Å². The summed E-state index contributed by atoms with van der Waals surface area (Å²) in [5, 5.41) is 0. The number of fused-ring (bicyclic) bond motifs is 1. The highest BCUT2D eigenvalue weighted by Crippen LogP contribution is 2.39. The summed E-state index contributed by atoms with van der Waals surface area (Å²) in [5.41, 5.74) is 5.76. The maximum absolute atomic E-state index is 5.60. The van der Waals surface area contributed by atoms with E-state index >= 15 is 0 Å². The Bertz CT molecular complexity index is 492. The van der Waals surface area contributed by atoms with Crippen LogP contribution < -0.4 is 11.3 Å². The van der Waals surface area contributed by atoms with Gasteiger partial charge in [-0.3, -0.25) is 5.84 Å². The number of H-pyrrole nitrogens is 1. The van der Waals surface area contributed by atoms with Gasteiger partial charge in [0.15, 0.2) is 0 Å². The van der Waals surface area contributed by atoms with Crippen LogP contribution >= 0.6 is 0 Å². The minimum absolute atomic E-state index is 0.100. The Morgan fingerprint density at radius 2 is 2.35 bits per heavy atom. The molecule has 0 aliphatic heterocycles. The molecule has 4 nitrogen and oxygen atoms in total. The second-order valence-electron chi connectivity index (χ2n) is 4.53. The van der Waals surface area contributed by atoms with Crippen LogP contribution in [-0.4, -0.2) is 9.97 Å². The Morgan fingerprint density at radius 1 is 1.47 bits per heavy atom. The normalized spacial score (nSPS) is 19.5. The molecule has 0 saturated carbocycles. The highest BCUT2D eigenvalue weighted by Gasteiger charge is 2.28. The van der Waals surface area contributed by atoms with Gasteiger partial charge in [0.2, 0.25) is 0 Å². The summed E-state index contributed by atoms with van der Waals surface area (Å²) in [4.78, 5) is 7.37. The number of nitrogens with two attached hydrogens (primary N) is 1. The molecule has 0 radical (unpaired) electrons. The van der Waals surface area contributed by atoms with Crippen LogP contribution in [0.2, 0.25) is 0 Å². The number of hydrogen-bond acceptors (Lipinski definition) is 3. The largest absolute Gasteiger partial charge is 0.347 e. The van der Waals surface area contributed by atoms with Gasteiger partial charge in [-0.25, -0.2) is 10.4 Å². The third-order valence-corrected chi connectivity index (χ3v) is 3.53. The van der Waals surface area contributed by atoms with E-state index in [4.69, 9.17) is 5.84 Å². The fraction of sp³-hybridized carbons (Fsp3) is 0.308. The van der Waals surface area contributed by atoms with Crippen molar-refractivity contribution < 1.29 is 0 Å². The number of rotatable bonds is 4. The number of imidazole rings is 1. The fourth-order valence-electron chi connectivity index (χ4n) is 2.58. The number of hydrogen-bond donors (Lipinski definition) is 3. The van der Waals surface area contributed by atoms with Gasteiger partial charge in [0, 0.05) is 12.4 Å². The topological polar surface area (TPSA) is 66.7 Å². The van der Waals surface area contributed by atoms with Crippen molar-refractivity contribution >= 4 is 0 Å². The van der Waals surface area contributed by atoms with Crippen molar-refractivity contribution in [1.29, 1.82) is 0 Å². The highest BCUT2D eigenvalue weighted by molar-refractivity contribution is 5.40. The second-order valence-corrected chi connectivity index (χ2v) is 4.53. The van der Waals surface area contributed by atoms with Gasteiger partial charge >= 0.3 is 0 Å². The molecule has 3 rings (SSSR count). The SMILES string of the molecule is NNC(CC1Cc2ccccc21)c1ncc[nH]1. The monoisotopic (exact) mass is 228 g/mol. The lowest BCUT2D eigenvalue weighted by molar-refractivity contribution is 0.422. The van der Waals surface area contributed by atoms with Crippen molar-refractivity contribution in [2.75, 3.05) is 0 Å². The first kappa shape index (κ1) is 10.5. The Morgan fingerprint density at radius 3 is 3.06 bits per heavy atom. The predicted octanol–water partition coefficient (Wildman–Crippen LogP) is 1.64. The average Bonchev–Trinajstić information content (AvgIpc) is 2.84. The quantitative estimate of drug-likeness (QED) is 0.550. The molecule has 1 aliphatic rings. The van der Waals surface area contributed by atoms with E-state index in [0.29, 0.717) is 5.92 Å². The molecule has 1 aliphatic carbocycles. The zero-order valence-corrected chi connectivity index (χ0v) is 9.56. The lowest BCUT2D eigenvalue weighted by Crippen LogP contribution is -2.32. The van der Waals surface area contributed by atoms with Crippen LogP contribution in [-0.2, 0) is 6.42 Å². The average molecular weight is 228 g/mol. The lowest BCUT2D eigenvalue weighted by Gasteiger charge is -2.32. The predicted molar refractivity (Wildman–Crippen MR) is 66.2 cm³/mol. The first-order chi connectivity index (χ1) is 8.38. The molecule has 17 heavy (non-hydrogen) atoms. The van der Waals surface area contributed by atoms with Crippen molar-refractivity contribution in [3.63, 3.8) is 0 Å². The van der Waals surface area contributed by atoms with Crippen molar-refractivity contribution in [3.05, 3.63) is 53.6 Å². The number of benzene rings is 1. The van der Waals surface area contributed by atoms with Crippen molar-refractivity contribution in [2.24, 2.45) is 5.84 Å². The Balaban J connectivity index is 1.73. The van der Waals surface area contributed by atoms with E-state index in [-0.39, 0.29) is 6.04 Å². The van der Waals surface area contributed by atoms with Gasteiger partial charge in [-0.05, 0) is 29.9 Å². The number of nitrogens with one attached hydrogen (secondary N) is 2. The number of hydrazine groups is 1. The van der Waals surface area contributed by atoms with Crippen LogP contribution in [0.1, 0.15) is 35.3 Å². The van der Waals surface area contributed by atoms with Crippen LogP contribution in [0.4, 0.5) is 0 Å². The van der Waals surface area contributed by atoms with E-state index < -0.39 is 0 Å². The molecule has 2 unspecified atom stereocenters. The molecular weight excluding hydrogens is 212 g/mol. The van der Waals surface area contributed by atoms with Crippen LogP contribution in [0.25, 0.3) is 0 Å². The zero-order valence-electron chi connectivity index (χ0n) is 9.56. The third-order valence-electron chi connectivity index (χ3n) is 3.53. The summed E-state index contributed by atoms with van der Waals surface area (Å²) >= 11 is 0. The van der Waals surface area contributed by atoms with E-state index in [9.17, 15) is 0 Å². The molecule has 88 valence electrons. The molecule has 1 aromatic heterocycles. The lowest BCUT2D eigenvalue weighted by atomic mass is 9.74. The first-order valence-corrected chi connectivity index (χ1v) is 5.91. The van der Waals surface area contributed by atoms with Crippen LogP contribution in [0, 0.1) is 0 Å². The molecule has 4 N–H and O–H groups in total. The van der Waals surface area contributed by atoms with Gasteiger partial charge in [0.05, 0.1) is 6.04 Å². The molecule has 0 fully saturated rings. The minimum atomic E-state index is 0.100. The minimum Gasteiger partial charge on any atom is -0.347 e. The van der Waals surface area contributed by atoms with Gasteiger partial charge in [-0.15, -0.1) is 0 Å². The van der Waals surface area contributed by atoms with Gasteiger partial charge in [-0.2, -0.15) is 0 Å². The Hall–Kier alpha value is -1.65. The Labute approximate surface area is 100 Å². The van der Waals surface area contributed by atoms with E-state index in [2.05, 4.69) is 39.7 Å². The summed E-state index contributed by atoms with van der Waals surface area (Å²) in [5.74, 6) is 7.11. The Kier molecular flexibility index (Phi) is 2.66. The van der Waals surface area contributed by atoms with Crippen molar-refractivity contribution in [1.82, 2.24) is 15.4 Å². The summed E-state index contributed by atoms with van der Waals surface area (Å²) in [6.07, 6.45) is 5.72. The molecule has 2 aromatic rings. The molecule has 1 aromatic carbocycles. The maximum atomic E-state index is 5.60. The molecule has 0 bridgehead atoms. The third kappa shape index (κ3) is 1.85. The molecular formula is C13H16N4. The van der Waals surface area contributed by atoms with E-state index in [1.165, 1.54) is 11.1 Å². The summed E-state index contributed by atoms with van der Waals surface area (Å²) in [6, 6.07) is 8.70. The van der Waals surface area contributed by atoms with Crippen LogP contribution in [0.15, 0.2) is 36.7 Å². The van der Waals surface area contributed by atoms with Gasteiger partial charge < -0.3 is 4.98 Å². The molecule has 2 atom stereocenters. The second kappa shape index (κ2) is 4.31. The molecule has 4 heteroatoms. The summed E-state index contributed by atoms with van der Waals surface area (Å²) in [7, 11) is 0. The smallest absolute Gasteiger partial charge is 0.124 e. The van der Waals surface area contributed by atoms with Crippen LogP contribution in [0.5, 0.6) is 0 Å². The molecule has 0 amide bonds. The first-order valence-electron chi connectivity index (χ1n) is 5.91. The van der Waals surface area contributed by atoms with E-state index in [1.807, 2.05) is 6.20 Å². The van der Waals surface area contributed by atoms with Gasteiger partial charge in [0.1, 0.15) is 5.82 Å². The zero-order chi connectivity index (χ0) is 11.7. The number of aromatic nitrogens is 2. The molecule has 0 saturated heterocycles. The van der Waals surface area contributed by atoms with E-state index in [0.717, 1.165) is 18.7 Å². The number of nitrogens with zero attached hydrogens (tertiary/aromatic N) is 1. The highest BCUT2D eigenvalue weighted by atomic mass is 15.2. The molecule has 1 heterocycles.